The van der Waals surface area contributed by atoms with Gasteiger partial charge in [0, 0.05) is 0 Å². The summed E-state index contributed by atoms with van der Waals surface area (Å²) in [5.41, 5.74) is 8.03. The van der Waals surface area contributed by atoms with Crippen LogP contribution in [0, 0.1) is 0 Å². The monoisotopic (exact) mass is 741 g/mol. The summed E-state index contributed by atoms with van der Waals surface area (Å²) in [6.07, 6.45) is 0. The molecule has 11 aromatic rings. The zero-order chi connectivity index (χ0) is 39.2. The second-order valence-corrected chi connectivity index (χ2v) is 15.8. The number of hydrogen-bond donors (Lipinski definition) is 0. The Morgan fingerprint density at radius 3 is 1.34 bits per heavy atom. The zero-order valence-corrected chi connectivity index (χ0v) is 30.2. The van der Waals surface area contributed by atoms with Gasteiger partial charge in [0.2, 0.25) is 0 Å². The van der Waals surface area contributed by atoms with Crippen LogP contribution in [0.1, 0.15) is 6.85 Å². The summed E-state index contributed by atoms with van der Waals surface area (Å²) < 4.78 is 45.9. The molecule has 0 unspecified atom stereocenters. The van der Waals surface area contributed by atoms with Crippen LogP contribution in [0.25, 0.3) is 107 Å². The van der Waals surface area contributed by atoms with Gasteiger partial charge in [0.25, 0.3) is 0 Å². The fraction of sp³-hybridized carbons (Fsp3) is 0. The molecule has 0 nitrogen and oxygen atoms in total. The van der Waals surface area contributed by atoms with E-state index < -0.39 is 6.04 Å². The van der Waals surface area contributed by atoms with Crippen molar-refractivity contribution in [3.8, 4) is 44.5 Å². The van der Waals surface area contributed by atoms with E-state index in [1.807, 2.05) is 36.4 Å². The first-order valence-corrected chi connectivity index (χ1v) is 19.6. The number of hydrogen-bond acceptors (Lipinski definition) is 0. The Morgan fingerprint density at radius 2 is 0.792 bits per heavy atom. The molecule has 11 rings (SSSR count). The minimum absolute atomic E-state index is 0.0606. The number of fused-ring (bicyclic) bond motifs is 7. The molecule has 1 aromatic heterocycles. The normalized spacial score (nSPS) is 13.1. The van der Waals surface area contributed by atoms with Gasteiger partial charge in [0.1, 0.15) is 0 Å². The van der Waals surface area contributed by atoms with Gasteiger partial charge < -0.3 is 0 Å². The van der Waals surface area contributed by atoms with E-state index >= 15 is 0 Å². The molecule has 1 heterocycles. The third-order valence-corrected chi connectivity index (χ3v) is 13.1. The van der Waals surface area contributed by atoms with Crippen molar-refractivity contribution in [2.24, 2.45) is 0 Å². The van der Waals surface area contributed by atoms with Gasteiger partial charge in [-0.1, -0.05) is 0 Å². The van der Waals surface area contributed by atoms with Crippen LogP contribution in [0.4, 0.5) is 0 Å². The first kappa shape index (κ1) is 25.7. The summed E-state index contributed by atoms with van der Waals surface area (Å²) in [7, 11) is 0. The Balaban J connectivity index is 1.18. The van der Waals surface area contributed by atoms with E-state index in [0.29, 0.717) is 5.56 Å². The average molecular weight is 741 g/mol. The first-order valence-electron chi connectivity index (χ1n) is 20.4. The van der Waals surface area contributed by atoms with E-state index in [9.17, 15) is 0 Å². The molecule has 0 aliphatic carbocycles. The van der Waals surface area contributed by atoms with Crippen molar-refractivity contribution in [2.75, 3.05) is 0 Å². The molecule has 0 fully saturated rings. The van der Waals surface area contributed by atoms with E-state index in [0.717, 1.165) is 32.7 Å². The average Bonchev–Trinajstić information content (AvgIpc) is 3.65. The molecule has 0 radical (unpaired) electrons. The van der Waals surface area contributed by atoms with Crippen LogP contribution in [0.2, 0.25) is 0 Å². The molecule has 0 aliphatic heterocycles. The third-order valence-electron chi connectivity index (χ3n) is 10.7. The molecule has 0 N–H and O–H groups in total. The van der Waals surface area contributed by atoms with Gasteiger partial charge in [-0.05, 0) is 0 Å². The Hall–Kier alpha value is -6.24. The Kier molecular flexibility index (Phi) is 5.90. The van der Waals surface area contributed by atoms with E-state index in [2.05, 4.69) is 127 Å². The standard InChI is InChI=1S/C52H32Se/c1-3-16-33(17-4-1)48-36-20-7-9-22-38(36)50(39-23-10-8-21-37(39)48)35-30-31-44-47(32-35)53-46-29-15-28-45(52(44)46)51-42-26-13-11-24-40(42)49(34-18-5-2-6-19-34)41-25-12-14-27-43(41)51/h1-32H/i2D,5D,6D,18D,19D. The summed E-state index contributed by atoms with van der Waals surface area (Å²) in [5.74, 6) is 0. The van der Waals surface area contributed by atoms with Gasteiger partial charge in [-0.2, -0.15) is 0 Å². The molecule has 0 saturated heterocycles. The van der Waals surface area contributed by atoms with E-state index in [1.54, 1.807) is 0 Å². The molecule has 53 heavy (non-hydrogen) atoms. The maximum absolute atomic E-state index is 8.97. The fourth-order valence-electron chi connectivity index (χ4n) is 8.61. The maximum atomic E-state index is 8.97. The molecular weight excluding hydrogens is 704 g/mol. The Morgan fingerprint density at radius 1 is 0.321 bits per heavy atom. The SMILES string of the molecule is [2H]c1c([2H])c([2H])c(-c2c3ccccc3c(-c3cccc4[se]c5cc(-c6c7ccccc7c(-c7ccccc7)c7ccccc67)ccc5c34)c3ccccc23)c([2H])c1[2H]. The summed E-state index contributed by atoms with van der Waals surface area (Å²) in [4.78, 5) is 0. The van der Waals surface area contributed by atoms with Gasteiger partial charge in [0.15, 0.2) is 0 Å². The minimum atomic E-state index is -0.391. The van der Waals surface area contributed by atoms with Crippen LogP contribution >= 0.6 is 0 Å². The van der Waals surface area contributed by atoms with E-state index in [1.165, 1.54) is 63.1 Å². The van der Waals surface area contributed by atoms with Crippen LogP contribution in [-0.4, -0.2) is 14.5 Å². The summed E-state index contributed by atoms with van der Waals surface area (Å²) >= 11 is 0.0606. The van der Waals surface area contributed by atoms with Crippen molar-refractivity contribution >= 4 is 76.9 Å². The molecule has 0 aliphatic rings. The summed E-state index contributed by atoms with van der Waals surface area (Å²) in [5, 5.41) is 11.1. The van der Waals surface area contributed by atoms with Gasteiger partial charge in [-0.15, -0.1) is 0 Å². The summed E-state index contributed by atoms with van der Waals surface area (Å²) in [6.45, 7) is 0. The number of rotatable bonds is 4. The molecule has 0 amide bonds. The van der Waals surface area contributed by atoms with Crippen LogP contribution in [0.15, 0.2) is 194 Å². The van der Waals surface area contributed by atoms with Crippen molar-refractivity contribution in [1.82, 2.24) is 0 Å². The molecule has 0 atom stereocenters. The molecule has 1 heteroatoms. The Labute approximate surface area is 321 Å². The second kappa shape index (κ2) is 12.2. The van der Waals surface area contributed by atoms with Gasteiger partial charge in [-0.25, -0.2) is 0 Å². The van der Waals surface area contributed by atoms with Crippen molar-refractivity contribution < 1.29 is 6.85 Å². The third kappa shape index (κ3) is 4.69. The molecule has 246 valence electrons. The predicted molar refractivity (Wildman–Crippen MR) is 230 cm³/mol. The van der Waals surface area contributed by atoms with Crippen molar-refractivity contribution in [2.45, 2.75) is 0 Å². The second-order valence-electron chi connectivity index (χ2n) is 13.5. The fourth-order valence-corrected chi connectivity index (χ4v) is 11.1. The zero-order valence-electron chi connectivity index (χ0n) is 33.5. The molecule has 10 aromatic carbocycles. The van der Waals surface area contributed by atoms with Gasteiger partial charge >= 0.3 is 322 Å². The van der Waals surface area contributed by atoms with Crippen LogP contribution in [-0.2, 0) is 0 Å². The molecular formula is C52H32Se. The van der Waals surface area contributed by atoms with Crippen LogP contribution in [0.3, 0.4) is 0 Å². The van der Waals surface area contributed by atoms with Gasteiger partial charge in [0.05, 0.1) is 0 Å². The topological polar surface area (TPSA) is 0 Å². The first-order chi connectivity index (χ1) is 28.4. The predicted octanol–water partition coefficient (Wildman–Crippen LogP) is 14.3. The van der Waals surface area contributed by atoms with Crippen molar-refractivity contribution in [1.29, 1.82) is 0 Å². The Bertz CT molecular complexity index is 3370. The van der Waals surface area contributed by atoms with Gasteiger partial charge in [-0.3, -0.25) is 0 Å². The molecule has 0 bridgehead atoms. The summed E-state index contributed by atoms with van der Waals surface area (Å²) in [6, 6.07) is 56.8. The van der Waals surface area contributed by atoms with Crippen LogP contribution in [0.5, 0.6) is 0 Å². The van der Waals surface area contributed by atoms with E-state index in [-0.39, 0.29) is 44.2 Å². The molecule has 0 spiro atoms. The molecule has 0 saturated carbocycles. The quantitative estimate of drug-likeness (QED) is 0.124. The van der Waals surface area contributed by atoms with E-state index in [4.69, 9.17) is 6.85 Å². The van der Waals surface area contributed by atoms with Crippen LogP contribution < -0.4 is 0 Å². The number of benzene rings is 10. The van der Waals surface area contributed by atoms with Crippen molar-refractivity contribution in [3.05, 3.63) is 194 Å². The van der Waals surface area contributed by atoms with Crippen molar-refractivity contribution in [3.63, 3.8) is 0 Å².